The minimum atomic E-state index is -0.406. The Kier molecular flexibility index (Phi) is 4.28. The highest BCUT2D eigenvalue weighted by atomic mass is 16.5. The van der Waals surface area contributed by atoms with Gasteiger partial charge in [-0.15, -0.1) is 0 Å². The van der Waals surface area contributed by atoms with Crippen molar-refractivity contribution < 1.29 is 9.53 Å². The van der Waals surface area contributed by atoms with Crippen LogP contribution >= 0.6 is 0 Å². The maximum atomic E-state index is 10.5. The Morgan fingerprint density at radius 3 is 2.70 bits per heavy atom. The lowest BCUT2D eigenvalue weighted by Gasteiger charge is -2.01. The largest absolute Gasteiger partial charge is 0.462 e. The van der Waals surface area contributed by atoms with Crippen molar-refractivity contribution in [3.05, 3.63) is 0 Å². The number of esters is 1. The van der Waals surface area contributed by atoms with Crippen LogP contribution in [-0.4, -0.2) is 37.9 Å². The maximum absolute atomic E-state index is 10.5. The van der Waals surface area contributed by atoms with Crippen LogP contribution in [0, 0.1) is 0 Å². The van der Waals surface area contributed by atoms with Gasteiger partial charge in [-0.3, -0.25) is 0 Å². The molecule has 0 aliphatic rings. The first-order valence-electron chi connectivity index (χ1n) is 3.05. The van der Waals surface area contributed by atoms with Crippen molar-refractivity contribution in [3.8, 4) is 0 Å². The van der Waals surface area contributed by atoms with Crippen LogP contribution in [0.2, 0.25) is 0 Å². The molecular weight excluding hydrogens is 132 g/mol. The number of rotatable bonds is 3. The monoisotopic (exact) mass is 144 g/mol. The quantitative estimate of drug-likeness (QED) is 0.320. The highest BCUT2D eigenvalue weighted by molar-refractivity contribution is 6.23. The van der Waals surface area contributed by atoms with Gasteiger partial charge in [0.25, 0.3) is 0 Å². The van der Waals surface area contributed by atoms with Gasteiger partial charge in [-0.05, 0) is 6.92 Å². The standard InChI is InChI=1S/C6H12N2O2/c1-4-10-6(9)5-7-8(2)3/h5H,4H2,1-3H3/b7-5+. The summed E-state index contributed by atoms with van der Waals surface area (Å²) in [4.78, 5) is 10.5. The second kappa shape index (κ2) is 4.78. The first kappa shape index (κ1) is 8.94. The summed E-state index contributed by atoms with van der Waals surface area (Å²) in [7, 11) is 3.46. The average molecular weight is 144 g/mol. The molecule has 0 radical (unpaired) electrons. The van der Waals surface area contributed by atoms with E-state index >= 15 is 0 Å². The molecule has 0 N–H and O–H groups in total. The smallest absolute Gasteiger partial charge is 0.351 e. The Morgan fingerprint density at radius 2 is 2.30 bits per heavy atom. The molecule has 0 aromatic heterocycles. The third-order valence-corrected chi connectivity index (χ3v) is 0.681. The highest BCUT2D eigenvalue weighted by Crippen LogP contribution is 1.76. The first-order chi connectivity index (χ1) is 4.66. The van der Waals surface area contributed by atoms with Crippen molar-refractivity contribution >= 4 is 12.2 Å². The molecule has 0 aliphatic carbocycles. The van der Waals surface area contributed by atoms with Gasteiger partial charge in [0.1, 0.15) is 6.21 Å². The normalized spacial score (nSPS) is 9.90. The lowest BCUT2D eigenvalue weighted by molar-refractivity contribution is -0.134. The van der Waals surface area contributed by atoms with E-state index in [9.17, 15) is 4.79 Å². The average Bonchev–Trinajstić information content (AvgIpc) is 1.85. The Hall–Kier alpha value is -1.06. The van der Waals surface area contributed by atoms with Gasteiger partial charge < -0.3 is 9.75 Å². The zero-order chi connectivity index (χ0) is 7.98. The zero-order valence-electron chi connectivity index (χ0n) is 6.50. The SMILES string of the molecule is CCOC(=O)/C=N/N(C)C. The molecule has 58 valence electrons. The minimum Gasteiger partial charge on any atom is -0.462 e. The van der Waals surface area contributed by atoms with Gasteiger partial charge in [0, 0.05) is 14.1 Å². The number of hydrogen-bond donors (Lipinski definition) is 0. The number of hydrazone groups is 1. The van der Waals surface area contributed by atoms with Gasteiger partial charge in [0.15, 0.2) is 0 Å². The van der Waals surface area contributed by atoms with Crippen LogP contribution in [0.25, 0.3) is 0 Å². The predicted molar refractivity (Wildman–Crippen MR) is 38.8 cm³/mol. The number of carbonyl (C=O) groups excluding carboxylic acids is 1. The van der Waals surface area contributed by atoms with Crippen LogP contribution in [-0.2, 0) is 9.53 Å². The van der Waals surface area contributed by atoms with Gasteiger partial charge in [0.2, 0.25) is 0 Å². The highest BCUT2D eigenvalue weighted by Gasteiger charge is 1.92. The van der Waals surface area contributed by atoms with E-state index < -0.39 is 5.97 Å². The molecule has 0 aromatic carbocycles. The summed E-state index contributed by atoms with van der Waals surface area (Å²) in [5.74, 6) is -0.406. The molecule has 0 unspecified atom stereocenters. The molecule has 0 heterocycles. The summed E-state index contributed by atoms with van der Waals surface area (Å²) < 4.78 is 4.58. The summed E-state index contributed by atoms with van der Waals surface area (Å²) in [6, 6.07) is 0. The molecule has 0 aromatic rings. The van der Waals surface area contributed by atoms with Gasteiger partial charge in [-0.2, -0.15) is 5.10 Å². The molecule has 0 atom stereocenters. The summed E-state index contributed by atoms with van der Waals surface area (Å²) in [6.07, 6.45) is 1.14. The van der Waals surface area contributed by atoms with E-state index in [1.54, 1.807) is 21.0 Å². The Labute approximate surface area is 60.5 Å². The lowest BCUT2D eigenvalue weighted by Crippen LogP contribution is -2.09. The third kappa shape index (κ3) is 5.08. The molecule has 0 saturated carbocycles. The summed E-state index contributed by atoms with van der Waals surface area (Å²) in [5, 5.41) is 5.20. The molecule has 0 saturated heterocycles. The molecule has 0 aliphatic heterocycles. The molecular formula is C6H12N2O2. The van der Waals surface area contributed by atoms with Gasteiger partial charge in [0.05, 0.1) is 6.61 Å². The van der Waals surface area contributed by atoms with E-state index in [1.165, 1.54) is 5.01 Å². The fourth-order valence-corrected chi connectivity index (χ4v) is 0.342. The molecule has 0 fully saturated rings. The van der Waals surface area contributed by atoms with Crippen molar-refractivity contribution in [2.75, 3.05) is 20.7 Å². The molecule has 0 spiro atoms. The van der Waals surface area contributed by atoms with E-state index in [2.05, 4.69) is 9.84 Å². The first-order valence-corrected chi connectivity index (χ1v) is 3.05. The van der Waals surface area contributed by atoms with E-state index in [-0.39, 0.29) is 0 Å². The fourth-order valence-electron chi connectivity index (χ4n) is 0.342. The minimum absolute atomic E-state index is 0.387. The Bertz CT molecular complexity index is 132. The van der Waals surface area contributed by atoms with Gasteiger partial charge in [-0.1, -0.05) is 0 Å². The Balaban J connectivity index is 3.56. The van der Waals surface area contributed by atoms with Crippen LogP contribution in [0.3, 0.4) is 0 Å². The van der Waals surface area contributed by atoms with Crippen molar-refractivity contribution in [3.63, 3.8) is 0 Å². The third-order valence-electron chi connectivity index (χ3n) is 0.681. The van der Waals surface area contributed by atoms with E-state index in [0.717, 1.165) is 6.21 Å². The predicted octanol–water partition coefficient (Wildman–Crippen LogP) is 0.0969. The van der Waals surface area contributed by atoms with E-state index in [1.807, 2.05) is 0 Å². The zero-order valence-corrected chi connectivity index (χ0v) is 6.50. The van der Waals surface area contributed by atoms with Crippen molar-refractivity contribution in [2.45, 2.75) is 6.92 Å². The molecule has 0 rings (SSSR count). The number of ether oxygens (including phenoxy) is 1. The van der Waals surface area contributed by atoms with E-state index in [0.29, 0.717) is 6.61 Å². The molecule has 10 heavy (non-hydrogen) atoms. The van der Waals surface area contributed by atoms with Crippen molar-refractivity contribution in [1.29, 1.82) is 0 Å². The van der Waals surface area contributed by atoms with Crippen molar-refractivity contribution in [1.82, 2.24) is 5.01 Å². The Morgan fingerprint density at radius 1 is 1.70 bits per heavy atom. The van der Waals surface area contributed by atoms with Crippen LogP contribution in [0.1, 0.15) is 6.92 Å². The van der Waals surface area contributed by atoms with Gasteiger partial charge in [-0.25, -0.2) is 4.79 Å². The second-order valence-electron chi connectivity index (χ2n) is 1.84. The molecule has 0 bridgehead atoms. The van der Waals surface area contributed by atoms with Crippen LogP contribution in [0.5, 0.6) is 0 Å². The fraction of sp³-hybridized carbons (Fsp3) is 0.667. The van der Waals surface area contributed by atoms with Crippen molar-refractivity contribution in [2.24, 2.45) is 5.10 Å². The van der Waals surface area contributed by atoms with Gasteiger partial charge >= 0.3 is 5.97 Å². The second-order valence-corrected chi connectivity index (χ2v) is 1.84. The summed E-state index contributed by atoms with van der Waals surface area (Å²) >= 11 is 0. The summed E-state index contributed by atoms with van der Waals surface area (Å²) in [5.41, 5.74) is 0. The van der Waals surface area contributed by atoms with Crippen LogP contribution in [0.15, 0.2) is 5.10 Å². The van der Waals surface area contributed by atoms with Crippen LogP contribution in [0.4, 0.5) is 0 Å². The molecule has 4 nitrogen and oxygen atoms in total. The molecule has 0 amide bonds. The van der Waals surface area contributed by atoms with Crippen LogP contribution < -0.4 is 0 Å². The summed E-state index contributed by atoms with van der Waals surface area (Å²) in [6.45, 7) is 2.14. The lowest BCUT2D eigenvalue weighted by atomic mass is 10.7. The molecule has 4 heteroatoms. The van der Waals surface area contributed by atoms with E-state index in [4.69, 9.17) is 0 Å². The number of hydrogen-bond acceptors (Lipinski definition) is 4. The number of nitrogens with zero attached hydrogens (tertiary/aromatic N) is 2. The topological polar surface area (TPSA) is 41.9 Å². The maximum Gasteiger partial charge on any atom is 0.351 e. The number of carbonyl (C=O) groups is 1.